The summed E-state index contributed by atoms with van der Waals surface area (Å²) in [6.07, 6.45) is 2.45. The number of likely N-dealkylation sites (tertiary alicyclic amines) is 1. The summed E-state index contributed by atoms with van der Waals surface area (Å²) in [5.74, 6) is -1.13. The van der Waals surface area contributed by atoms with E-state index in [-0.39, 0.29) is 5.91 Å². The Kier molecular flexibility index (Phi) is 4.21. The molecule has 1 heterocycles. The predicted molar refractivity (Wildman–Crippen MR) is 81.1 cm³/mol. The largest absolute Gasteiger partial charge is 0.479 e. The van der Waals surface area contributed by atoms with Crippen LogP contribution in [0.25, 0.3) is 0 Å². The van der Waals surface area contributed by atoms with Gasteiger partial charge in [-0.15, -0.1) is 0 Å². The van der Waals surface area contributed by atoms with Crippen LogP contribution in [0.1, 0.15) is 48.5 Å². The van der Waals surface area contributed by atoms with Crippen molar-refractivity contribution < 1.29 is 14.7 Å². The number of carbonyl (C=O) groups excluding carboxylic acids is 1. The molecule has 5 nitrogen and oxygen atoms in total. The quantitative estimate of drug-likeness (QED) is 0.834. The van der Waals surface area contributed by atoms with Gasteiger partial charge in [0, 0.05) is 17.8 Å². The van der Waals surface area contributed by atoms with Crippen LogP contribution in [0.2, 0.25) is 0 Å². The van der Waals surface area contributed by atoms with Crippen molar-refractivity contribution in [2.24, 2.45) is 0 Å². The maximum Gasteiger partial charge on any atom is 0.329 e. The van der Waals surface area contributed by atoms with Gasteiger partial charge < -0.3 is 15.7 Å². The third-order valence-electron chi connectivity index (χ3n) is 4.40. The van der Waals surface area contributed by atoms with Crippen LogP contribution in [-0.4, -0.2) is 34.0 Å². The molecule has 1 aliphatic heterocycles. The summed E-state index contributed by atoms with van der Waals surface area (Å²) < 4.78 is 0. The fourth-order valence-corrected chi connectivity index (χ4v) is 3.21. The van der Waals surface area contributed by atoms with Crippen molar-refractivity contribution in [2.75, 3.05) is 12.3 Å². The monoisotopic (exact) mass is 290 g/mol. The Morgan fingerprint density at radius 2 is 2.14 bits per heavy atom. The van der Waals surface area contributed by atoms with Crippen molar-refractivity contribution in [1.29, 1.82) is 0 Å². The predicted octanol–water partition coefficient (Wildman–Crippen LogP) is 2.44. The molecule has 0 aromatic heterocycles. The minimum absolute atomic E-state index is 0.229. The number of nitrogen functional groups attached to an aromatic ring is 1. The number of nitrogens with two attached hydrogens (primary N) is 1. The highest BCUT2D eigenvalue weighted by Gasteiger charge is 2.49. The smallest absolute Gasteiger partial charge is 0.329 e. The van der Waals surface area contributed by atoms with Gasteiger partial charge in [0.05, 0.1) is 0 Å². The second-order valence-electron chi connectivity index (χ2n) is 5.67. The summed E-state index contributed by atoms with van der Waals surface area (Å²) >= 11 is 0. The zero-order valence-electron chi connectivity index (χ0n) is 12.6. The van der Waals surface area contributed by atoms with Crippen LogP contribution >= 0.6 is 0 Å². The number of hydrogen-bond donors (Lipinski definition) is 2. The molecule has 1 aliphatic rings. The van der Waals surface area contributed by atoms with Crippen LogP contribution in [0.5, 0.6) is 0 Å². The number of carboxylic acids is 1. The standard InChI is InChI=1S/C16H22N2O3/c1-3-8-16(15(20)21)9-5-10-18(16)14(19)12-6-4-7-13(17)11(12)2/h4,6-7H,3,5,8-10,17H2,1-2H3,(H,20,21). The molecule has 21 heavy (non-hydrogen) atoms. The van der Waals surface area contributed by atoms with E-state index < -0.39 is 11.5 Å². The number of rotatable bonds is 4. The first kappa shape index (κ1) is 15.4. The van der Waals surface area contributed by atoms with Crippen LogP contribution in [0.15, 0.2) is 18.2 Å². The normalized spacial score (nSPS) is 21.5. The molecule has 1 saturated heterocycles. The Bertz CT molecular complexity index is 571. The van der Waals surface area contributed by atoms with Crippen molar-refractivity contribution in [3.05, 3.63) is 29.3 Å². The SMILES string of the molecule is CCCC1(C(=O)O)CCCN1C(=O)c1cccc(N)c1C. The molecular weight excluding hydrogens is 268 g/mol. The van der Waals surface area contributed by atoms with E-state index in [0.29, 0.717) is 36.2 Å². The van der Waals surface area contributed by atoms with Crippen molar-refractivity contribution in [3.8, 4) is 0 Å². The highest BCUT2D eigenvalue weighted by atomic mass is 16.4. The fourth-order valence-electron chi connectivity index (χ4n) is 3.21. The Morgan fingerprint density at radius 1 is 1.43 bits per heavy atom. The molecule has 1 unspecified atom stereocenters. The Hall–Kier alpha value is -2.04. The van der Waals surface area contributed by atoms with Gasteiger partial charge in [0.25, 0.3) is 5.91 Å². The number of carboxylic acid groups (broad SMARTS) is 1. The first-order chi connectivity index (χ1) is 9.94. The summed E-state index contributed by atoms with van der Waals surface area (Å²) in [5.41, 5.74) is 6.55. The zero-order chi connectivity index (χ0) is 15.6. The number of carbonyl (C=O) groups is 2. The van der Waals surface area contributed by atoms with E-state index in [2.05, 4.69) is 0 Å². The molecule has 5 heteroatoms. The fraction of sp³-hybridized carbons (Fsp3) is 0.500. The first-order valence-electron chi connectivity index (χ1n) is 7.34. The van der Waals surface area contributed by atoms with Crippen LogP contribution in [0, 0.1) is 6.92 Å². The van der Waals surface area contributed by atoms with Crippen LogP contribution in [0.3, 0.4) is 0 Å². The summed E-state index contributed by atoms with van der Waals surface area (Å²) in [5, 5.41) is 9.67. The topological polar surface area (TPSA) is 83.6 Å². The number of hydrogen-bond acceptors (Lipinski definition) is 3. The van der Waals surface area contributed by atoms with E-state index >= 15 is 0 Å². The van der Waals surface area contributed by atoms with E-state index in [1.165, 1.54) is 4.90 Å². The molecule has 0 spiro atoms. The van der Waals surface area contributed by atoms with Gasteiger partial charge in [0.2, 0.25) is 0 Å². The summed E-state index contributed by atoms with van der Waals surface area (Å²) in [4.78, 5) is 26.1. The zero-order valence-corrected chi connectivity index (χ0v) is 12.6. The highest BCUT2D eigenvalue weighted by molar-refractivity contribution is 6.00. The molecule has 1 atom stereocenters. The van der Waals surface area contributed by atoms with Crippen LogP contribution in [-0.2, 0) is 4.79 Å². The van der Waals surface area contributed by atoms with E-state index in [0.717, 1.165) is 12.8 Å². The third kappa shape index (κ3) is 2.48. The Labute approximate surface area is 124 Å². The lowest BCUT2D eigenvalue weighted by atomic mass is 9.90. The molecule has 1 amide bonds. The van der Waals surface area contributed by atoms with Gasteiger partial charge in [-0.2, -0.15) is 0 Å². The molecule has 2 rings (SSSR count). The lowest BCUT2D eigenvalue weighted by Gasteiger charge is -2.35. The molecule has 114 valence electrons. The number of amides is 1. The number of nitrogens with zero attached hydrogens (tertiary/aromatic N) is 1. The van der Waals surface area contributed by atoms with Crippen LogP contribution in [0.4, 0.5) is 5.69 Å². The summed E-state index contributed by atoms with van der Waals surface area (Å²) in [6, 6.07) is 5.19. The van der Waals surface area contributed by atoms with E-state index in [4.69, 9.17) is 5.73 Å². The average Bonchev–Trinajstić information content (AvgIpc) is 2.86. The van der Waals surface area contributed by atoms with Gasteiger partial charge in [-0.05, 0) is 43.9 Å². The molecule has 3 N–H and O–H groups in total. The van der Waals surface area contributed by atoms with Gasteiger partial charge in [0.15, 0.2) is 0 Å². The van der Waals surface area contributed by atoms with Crippen LogP contribution < -0.4 is 5.73 Å². The molecular formula is C16H22N2O3. The minimum atomic E-state index is -1.07. The molecule has 0 saturated carbocycles. The second-order valence-corrected chi connectivity index (χ2v) is 5.67. The summed E-state index contributed by atoms with van der Waals surface area (Å²) in [7, 11) is 0. The molecule has 0 aliphatic carbocycles. The minimum Gasteiger partial charge on any atom is -0.479 e. The van der Waals surface area contributed by atoms with E-state index in [1.54, 1.807) is 25.1 Å². The average molecular weight is 290 g/mol. The van der Waals surface area contributed by atoms with Gasteiger partial charge in [-0.25, -0.2) is 4.79 Å². The van der Waals surface area contributed by atoms with Gasteiger partial charge in [-0.1, -0.05) is 19.4 Å². The van der Waals surface area contributed by atoms with Crippen molar-refractivity contribution in [3.63, 3.8) is 0 Å². The van der Waals surface area contributed by atoms with E-state index in [1.807, 2.05) is 6.92 Å². The molecule has 1 aromatic rings. The third-order valence-corrected chi connectivity index (χ3v) is 4.40. The molecule has 0 bridgehead atoms. The van der Waals surface area contributed by atoms with Gasteiger partial charge in [-0.3, -0.25) is 4.79 Å². The van der Waals surface area contributed by atoms with E-state index in [9.17, 15) is 14.7 Å². The maximum atomic E-state index is 12.8. The lowest BCUT2D eigenvalue weighted by Crippen LogP contribution is -2.53. The highest BCUT2D eigenvalue weighted by Crippen LogP contribution is 2.35. The maximum absolute atomic E-state index is 12.8. The molecule has 1 fully saturated rings. The number of benzene rings is 1. The molecule has 0 radical (unpaired) electrons. The van der Waals surface area contributed by atoms with Crippen molar-refractivity contribution >= 4 is 17.6 Å². The van der Waals surface area contributed by atoms with Gasteiger partial charge in [0.1, 0.15) is 5.54 Å². The first-order valence-corrected chi connectivity index (χ1v) is 7.34. The lowest BCUT2D eigenvalue weighted by molar-refractivity contribution is -0.148. The summed E-state index contributed by atoms with van der Waals surface area (Å²) in [6.45, 7) is 4.22. The Balaban J connectivity index is 2.41. The van der Waals surface area contributed by atoms with Crippen molar-refractivity contribution in [1.82, 2.24) is 4.90 Å². The van der Waals surface area contributed by atoms with Crippen molar-refractivity contribution in [2.45, 2.75) is 45.1 Å². The molecule has 1 aromatic carbocycles. The Morgan fingerprint density at radius 3 is 2.76 bits per heavy atom. The second kappa shape index (κ2) is 5.76. The number of aliphatic carboxylic acids is 1. The van der Waals surface area contributed by atoms with Gasteiger partial charge >= 0.3 is 5.97 Å². The number of anilines is 1.